The van der Waals surface area contributed by atoms with Crippen LogP contribution in [0.15, 0.2) is 60.8 Å². The van der Waals surface area contributed by atoms with E-state index in [2.05, 4.69) is 16.5 Å². The van der Waals surface area contributed by atoms with Gasteiger partial charge in [-0.15, -0.1) is 17.9 Å². The summed E-state index contributed by atoms with van der Waals surface area (Å²) in [5, 5.41) is 3.45. The van der Waals surface area contributed by atoms with Gasteiger partial charge in [0.2, 0.25) is 0 Å². The van der Waals surface area contributed by atoms with Crippen LogP contribution >= 0.6 is 11.3 Å². The molecule has 1 amide bonds. The molecule has 0 saturated heterocycles. The zero-order valence-corrected chi connectivity index (χ0v) is 17.1. The maximum atomic E-state index is 13.1. The number of nitrogens with two attached hydrogens (primary N) is 1. The molecule has 8 nitrogen and oxygen atoms in total. The Kier molecular flexibility index (Phi) is 6.89. The average molecular weight is 424 g/mol. The Morgan fingerprint density at radius 3 is 2.73 bits per heavy atom. The number of rotatable bonds is 8. The number of carbonyl (C=O) groups excluding carboxylic acids is 2. The van der Waals surface area contributed by atoms with E-state index >= 15 is 0 Å². The van der Waals surface area contributed by atoms with E-state index in [-0.39, 0.29) is 24.4 Å². The monoisotopic (exact) mass is 424 g/mol. The van der Waals surface area contributed by atoms with Crippen LogP contribution in [0.1, 0.15) is 26.4 Å². The van der Waals surface area contributed by atoms with Crippen molar-refractivity contribution in [2.45, 2.75) is 6.54 Å². The summed E-state index contributed by atoms with van der Waals surface area (Å²) >= 11 is 1.33. The van der Waals surface area contributed by atoms with E-state index in [0.29, 0.717) is 16.3 Å². The number of anilines is 1. The quantitative estimate of drug-likeness (QED) is 0.256. The van der Waals surface area contributed by atoms with Gasteiger partial charge in [-0.25, -0.2) is 14.8 Å². The van der Waals surface area contributed by atoms with Gasteiger partial charge in [0, 0.05) is 34.6 Å². The lowest BCUT2D eigenvalue weighted by molar-refractivity contribution is -0.118. The molecule has 1 aromatic carbocycles. The number of nitrogen functional groups attached to an aromatic ring is 1. The van der Waals surface area contributed by atoms with E-state index in [1.807, 2.05) is 12.1 Å². The molecule has 9 heteroatoms. The first-order chi connectivity index (χ1) is 14.5. The summed E-state index contributed by atoms with van der Waals surface area (Å²) in [7, 11) is 1.28. The summed E-state index contributed by atoms with van der Waals surface area (Å²) in [6.07, 6.45) is 4.83. The molecule has 0 spiro atoms. The highest BCUT2D eigenvalue weighted by Crippen LogP contribution is 2.25. The molecule has 154 valence electrons. The van der Waals surface area contributed by atoms with E-state index in [9.17, 15) is 9.59 Å². The van der Waals surface area contributed by atoms with Crippen LogP contribution in [0.2, 0.25) is 0 Å². The van der Waals surface area contributed by atoms with Gasteiger partial charge in [-0.3, -0.25) is 14.6 Å². The third-order valence-electron chi connectivity index (χ3n) is 4.14. The molecule has 0 bridgehead atoms. The van der Waals surface area contributed by atoms with Crippen LogP contribution in [0.25, 0.3) is 10.6 Å². The maximum absolute atomic E-state index is 13.1. The van der Waals surface area contributed by atoms with Crippen molar-refractivity contribution >= 4 is 28.9 Å². The van der Waals surface area contributed by atoms with E-state index < -0.39 is 11.9 Å². The van der Waals surface area contributed by atoms with E-state index in [4.69, 9.17) is 15.3 Å². The number of amides is 1. The molecular weight excluding hydrogens is 404 g/mol. The smallest absolute Gasteiger partial charge is 0.338 e. The number of thiazole rings is 1. The minimum Gasteiger partial charge on any atom is -0.465 e. The predicted molar refractivity (Wildman–Crippen MR) is 114 cm³/mol. The lowest BCUT2D eigenvalue weighted by Gasteiger charge is -2.22. The Labute approximate surface area is 177 Å². The fourth-order valence-corrected chi connectivity index (χ4v) is 3.47. The van der Waals surface area contributed by atoms with Gasteiger partial charge in [0.25, 0.3) is 5.91 Å². The number of carbonyl (C=O) groups is 2. The minimum absolute atomic E-state index is 0.0636. The van der Waals surface area contributed by atoms with Crippen molar-refractivity contribution in [2.75, 3.05) is 19.5 Å². The molecule has 0 aliphatic carbocycles. The summed E-state index contributed by atoms with van der Waals surface area (Å²) in [5.41, 5.74) is 8.16. The highest BCUT2D eigenvalue weighted by Gasteiger charge is 2.24. The number of nitrogens with zero attached hydrogens (tertiary/aromatic N) is 3. The number of hydroxylamine groups is 2. The molecular formula is C21H20N4O4S. The standard InChI is InChI=1S/C21H20N4O4S/c1-3-11-29-25(12-16-15(21(27)28-2)5-4-6-17(16)22)20(26)18-13-30-19(24-18)14-7-9-23-10-8-14/h3-10,13H,1,11-12,22H2,2H3. The Morgan fingerprint density at radius 2 is 2.03 bits per heavy atom. The second kappa shape index (κ2) is 9.77. The molecule has 0 aliphatic rings. The number of methoxy groups -OCH3 is 1. The molecule has 0 fully saturated rings. The predicted octanol–water partition coefficient (Wildman–Crippen LogP) is 3.33. The number of ether oxygens (including phenoxy) is 1. The minimum atomic E-state index is -0.554. The van der Waals surface area contributed by atoms with Gasteiger partial charge in [-0.1, -0.05) is 12.1 Å². The van der Waals surface area contributed by atoms with Crippen LogP contribution in [0.5, 0.6) is 0 Å². The zero-order valence-electron chi connectivity index (χ0n) is 16.3. The van der Waals surface area contributed by atoms with Gasteiger partial charge in [0.15, 0.2) is 0 Å². The second-order valence-electron chi connectivity index (χ2n) is 6.06. The van der Waals surface area contributed by atoms with E-state index in [0.717, 1.165) is 10.6 Å². The first-order valence-corrected chi connectivity index (χ1v) is 9.80. The van der Waals surface area contributed by atoms with Gasteiger partial charge in [-0.2, -0.15) is 0 Å². The van der Waals surface area contributed by atoms with Crippen molar-refractivity contribution in [3.8, 4) is 10.6 Å². The largest absolute Gasteiger partial charge is 0.465 e. The summed E-state index contributed by atoms with van der Waals surface area (Å²) < 4.78 is 4.82. The Balaban J connectivity index is 1.90. The summed E-state index contributed by atoms with van der Waals surface area (Å²) in [6, 6.07) is 8.49. The molecule has 0 unspecified atom stereocenters. The topological polar surface area (TPSA) is 108 Å². The molecule has 0 aliphatic heterocycles. The first kappa shape index (κ1) is 21.2. The molecule has 3 rings (SSSR count). The van der Waals surface area contributed by atoms with Crippen molar-refractivity contribution in [3.63, 3.8) is 0 Å². The van der Waals surface area contributed by atoms with Crippen LogP contribution in [-0.2, 0) is 16.1 Å². The molecule has 3 aromatic rings. The van der Waals surface area contributed by atoms with Crippen LogP contribution in [0.3, 0.4) is 0 Å². The van der Waals surface area contributed by atoms with Crippen molar-refractivity contribution in [1.82, 2.24) is 15.0 Å². The van der Waals surface area contributed by atoms with E-state index in [1.54, 1.807) is 36.0 Å². The third kappa shape index (κ3) is 4.70. The molecule has 2 aromatic heterocycles. The fourth-order valence-electron chi connectivity index (χ4n) is 2.67. The van der Waals surface area contributed by atoms with Crippen molar-refractivity contribution in [1.29, 1.82) is 0 Å². The summed E-state index contributed by atoms with van der Waals surface area (Å²) in [4.78, 5) is 39.2. The van der Waals surface area contributed by atoms with Crippen LogP contribution in [0.4, 0.5) is 5.69 Å². The molecule has 0 radical (unpaired) electrons. The molecule has 0 saturated carbocycles. The van der Waals surface area contributed by atoms with Crippen LogP contribution in [0, 0.1) is 0 Å². The Bertz CT molecular complexity index is 1050. The van der Waals surface area contributed by atoms with Crippen LogP contribution in [-0.4, -0.2) is 40.6 Å². The number of esters is 1. The van der Waals surface area contributed by atoms with Crippen molar-refractivity contribution in [3.05, 3.63) is 77.6 Å². The lowest BCUT2D eigenvalue weighted by Crippen LogP contribution is -2.32. The number of benzene rings is 1. The molecule has 2 heterocycles. The maximum Gasteiger partial charge on any atom is 0.338 e. The van der Waals surface area contributed by atoms with Crippen molar-refractivity contribution in [2.24, 2.45) is 0 Å². The number of hydrogen-bond donors (Lipinski definition) is 1. The van der Waals surface area contributed by atoms with Crippen molar-refractivity contribution < 1.29 is 19.2 Å². The highest BCUT2D eigenvalue weighted by molar-refractivity contribution is 7.13. The SMILES string of the molecule is C=CCON(Cc1c(N)cccc1C(=O)OC)C(=O)c1csc(-c2ccncc2)n1. The Hall–Kier alpha value is -3.56. The average Bonchev–Trinajstić information content (AvgIpc) is 3.27. The second-order valence-corrected chi connectivity index (χ2v) is 6.92. The fraction of sp³-hybridized carbons (Fsp3) is 0.143. The number of pyridine rings is 1. The number of aromatic nitrogens is 2. The summed E-state index contributed by atoms with van der Waals surface area (Å²) in [6.45, 7) is 3.64. The van der Waals surface area contributed by atoms with Gasteiger partial charge in [0.05, 0.1) is 25.8 Å². The van der Waals surface area contributed by atoms with Gasteiger partial charge >= 0.3 is 5.97 Å². The summed E-state index contributed by atoms with van der Waals surface area (Å²) in [5.74, 6) is -1.02. The number of hydrogen-bond acceptors (Lipinski definition) is 8. The normalized spacial score (nSPS) is 10.4. The molecule has 2 N–H and O–H groups in total. The molecule has 30 heavy (non-hydrogen) atoms. The van der Waals surface area contributed by atoms with Gasteiger partial charge < -0.3 is 10.5 Å². The van der Waals surface area contributed by atoms with Gasteiger partial charge in [0.1, 0.15) is 10.7 Å². The zero-order chi connectivity index (χ0) is 21.5. The molecule has 0 atom stereocenters. The van der Waals surface area contributed by atoms with E-state index in [1.165, 1.54) is 24.5 Å². The Morgan fingerprint density at radius 1 is 1.27 bits per heavy atom. The van der Waals surface area contributed by atoms with Gasteiger partial charge in [-0.05, 0) is 24.3 Å². The highest BCUT2D eigenvalue weighted by atomic mass is 32.1. The first-order valence-electron chi connectivity index (χ1n) is 8.92. The third-order valence-corrected chi connectivity index (χ3v) is 5.04. The van der Waals surface area contributed by atoms with Crippen LogP contribution < -0.4 is 5.73 Å². The lowest BCUT2D eigenvalue weighted by atomic mass is 10.1.